The topological polar surface area (TPSA) is 41.5 Å². The maximum atomic E-state index is 13.8. The van der Waals surface area contributed by atoms with Gasteiger partial charge in [0.05, 0.1) is 18.8 Å². The Hall–Kier alpha value is -0.970. The van der Waals surface area contributed by atoms with Crippen LogP contribution in [0, 0.1) is 5.82 Å². The van der Waals surface area contributed by atoms with Gasteiger partial charge in [-0.2, -0.15) is 0 Å². The van der Waals surface area contributed by atoms with Crippen molar-refractivity contribution in [3.05, 3.63) is 35.6 Å². The van der Waals surface area contributed by atoms with E-state index in [1.807, 2.05) is 26.0 Å². The van der Waals surface area contributed by atoms with Gasteiger partial charge in [0, 0.05) is 17.6 Å². The molecule has 0 amide bonds. The van der Waals surface area contributed by atoms with E-state index in [0.717, 1.165) is 12.8 Å². The van der Waals surface area contributed by atoms with Crippen molar-refractivity contribution in [3.63, 3.8) is 0 Å². The van der Waals surface area contributed by atoms with Crippen LogP contribution in [0.3, 0.4) is 0 Å². The quantitative estimate of drug-likeness (QED) is 0.795. The fourth-order valence-corrected chi connectivity index (χ4v) is 2.19. The van der Waals surface area contributed by atoms with E-state index in [0.29, 0.717) is 18.7 Å². The zero-order valence-electron chi connectivity index (χ0n) is 11.5. The molecule has 1 aliphatic carbocycles. The molecule has 1 fully saturated rings. The number of aliphatic hydroxyl groups excluding tert-OH is 1. The first-order chi connectivity index (χ1) is 9.03. The average molecular weight is 267 g/mol. The number of hydrogen-bond donors (Lipinski definition) is 2. The van der Waals surface area contributed by atoms with Crippen molar-refractivity contribution in [1.29, 1.82) is 0 Å². The molecule has 1 aromatic carbocycles. The van der Waals surface area contributed by atoms with E-state index in [1.54, 1.807) is 6.07 Å². The Bertz CT molecular complexity index is 418. The Morgan fingerprint density at radius 3 is 2.63 bits per heavy atom. The zero-order valence-corrected chi connectivity index (χ0v) is 11.5. The molecular weight excluding hydrogens is 245 g/mol. The molecule has 0 spiro atoms. The maximum absolute atomic E-state index is 13.8. The van der Waals surface area contributed by atoms with Crippen LogP contribution in [0.15, 0.2) is 24.3 Å². The predicted molar refractivity (Wildman–Crippen MR) is 72.4 cm³/mol. The SMILES string of the molecule is CC(C)OCC(O)CNC1(c2ccccc2F)CC1. The fourth-order valence-electron chi connectivity index (χ4n) is 2.19. The molecule has 2 rings (SSSR count). The second-order valence-electron chi connectivity index (χ2n) is 5.48. The largest absolute Gasteiger partial charge is 0.389 e. The summed E-state index contributed by atoms with van der Waals surface area (Å²) in [5, 5.41) is 13.1. The Kier molecular flexibility index (Phi) is 4.55. The number of benzene rings is 1. The molecule has 3 nitrogen and oxygen atoms in total. The number of halogens is 1. The molecule has 1 atom stereocenters. The summed E-state index contributed by atoms with van der Waals surface area (Å²) in [6.45, 7) is 4.59. The van der Waals surface area contributed by atoms with Gasteiger partial charge in [0.15, 0.2) is 0 Å². The van der Waals surface area contributed by atoms with Gasteiger partial charge < -0.3 is 15.2 Å². The van der Waals surface area contributed by atoms with Crippen LogP contribution in [0.1, 0.15) is 32.3 Å². The third-order valence-electron chi connectivity index (χ3n) is 3.44. The molecule has 4 heteroatoms. The second-order valence-corrected chi connectivity index (χ2v) is 5.48. The van der Waals surface area contributed by atoms with Crippen LogP contribution in [0.25, 0.3) is 0 Å². The molecule has 0 saturated heterocycles. The molecular formula is C15H22FNO2. The van der Waals surface area contributed by atoms with E-state index in [2.05, 4.69) is 5.32 Å². The van der Waals surface area contributed by atoms with Gasteiger partial charge in [-0.3, -0.25) is 0 Å². The number of rotatable bonds is 7. The molecule has 19 heavy (non-hydrogen) atoms. The van der Waals surface area contributed by atoms with Crippen LogP contribution in [-0.2, 0) is 10.3 Å². The lowest BCUT2D eigenvalue weighted by molar-refractivity contribution is 0.00498. The van der Waals surface area contributed by atoms with Crippen molar-refractivity contribution in [2.24, 2.45) is 0 Å². The number of hydrogen-bond acceptors (Lipinski definition) is 3. The van der Waals surface area contributed by atoms with Crippen molar-refractivity contribution >= 4 is 0 Å². The van der Waals surface area contributed by atoms with Crippen molar-refractivity contribution in [3.8, 4) is 0 Å². The van der Waals surface area contributed by atoms with Crippen LogP contribution < -0.4 is 5.32 Å². The molecule has 1 aliphatic rings. The predicted octanol–water partition coefficient (Wildman–Crippen LogP) is 2.19. The molecule has 0 radical (unpaired) electrons. The van der Waals surface area contributed by atoms with Gasteiger partial charge in [-0.25, -0.2) is 4.39 Å². The van der Waals surface area contributed by atoms with E-state index < -0.39 is 6.10 Å². The molecule has 1 unspecified atom stereocenters. The smallest absolute Gasteiger partial charge is 0.128 e. The number of ether oxygens (including phenoxy) is 1. The first-order valence-electron chi connectivity index (χ1n) is 6.83. The van der Waals surface area contributed by atoms with Gasteiger partial charge >= 0.3 is 0 Å². The van der Waals surface area contributed by atoms with Gasteiger partial charge in [0.2, 0.25) is 0 Å². The minimum absolute atomic E-state index is 0.108. The molecule has 0 aliphatic heterocycles. The first kappa shape index (κ1) is 14.4. The fraction of sp³-hybridized carbons (Fsp3) is 0.600. The van der Waals surface area contributed by atoms with Crippen LogP contribution in [-0.4, -0.2) is 30.5 Å². The molecule has 0 heterocycles. The Morgan fingerprint density at radius 1 is 1.37 bits per heavy atom. The summed E-state index contributed by atoms with van der Waals surface area (Å²) < 4.78 is 19.1. The van der Waals surface area contributed by atoms with Gasteiger partial charge in [0.1, 0.15) is 5.82 Å². The third-order valence-corrected chi connectivity index (χ3v) is 3.44. The van der Waals surface area contributed by atoms with Crippen LogP contribution >= 0.6 is 0 Å². The monoisotopic (exact) mass is 267 g/mol. The first-order valence-corrected chi connectivity index (χ1v) is 6.83. The highest BCUT2D eigenvalue weighted by atomic mass is 19.1. The molecule has 1 aromatic rings. The summed E-state index contributed by atoms with van der Waals surface area (Å²) >= 11 is 0. The van der Waals surface area contributed by atoms with Gasteiger partial charge in [-0.1, -0.05) is 18.2 Å². The summed E-state index contributed by atoms with van der Waals surface area (Å²) in [6.07, 6.45) is 1.36. The highest BCUT2D eigenvalue weighted by Gasteiger charge is 2.45. The van der Waals surface area contributed by atoms with Crippen molar-refractivity contribution < 1.29 is 14.2 Å². The Balaban J connectivity index is 1.87. The standard InChI is InChI=1S/C15H22FNO2/c1-11(2)19-10-12(18)9-17-15(7-8-15)13-5-3-4-6-14(13)16/h3-6,11-12,17-18H,7-10H2,1-2H3. The molecule has 0 aromatic heterocycles. The lowest BCUT2D eigenvalue weighted by atomic mass is 10.0. The minimum atomic E-state index is -0.563. The van der Waals surface area contributed by atoms with Gasteiger partial charge in [-0.15, -0.1) is 0 Å². The molecule has 0 bridgehead atoms. The lowest BCUT2D eigenvalue weighted by Gasteiger charge is -2.21. The summed E-state index contributed by atoms with van der Waals surface area (Å²) in [7, 11) is 0. The number of aliphatic hydroxyl groups is 1. The lowest BCUT2D eigenvalue weighted by Crippen LogP contribution is -2.38. The maximum Gasteiger partial charge on any atom is 0.128 e. The Labute approximate surface area is 113 Å². The molecule has 2 N–H and O–H groups in total. The average Bonchev–Trinajstić information content (AvgIpc) is 3.15. The summed E-state index contributed by atoms with van der Waals surface area (Å²) in [4.78, 5) is 0. The van der Waals surface area contributed by atoms with Crippen LogP contribution in [0.5, 0.6) is 0 Å². The van der Waals surface area contributed by atoms with Crippen molar-refractivity contribution in [2.45, 2.75) is 44.4 Å². The summed E-state index contributed by atoms with van der Waals surface area (Å²) in [6, 6.07) is 6.83. The number of nitrogens with one attached hydrogen (secondary N) is 1. The minimum Gasteiger partial charge on any atom is -0.389 e. The highest BCUT2D eigenvalue weighted by molar-refractivity contribution is 5.31. The molecule has 106 valence electrons. The van der Waals surface area contributed by atoms with Gasteiger partial charge in [0.25, 0.3) is 0 Å². The normalized spacial score (nSPS) is 18.6. The zero-order chi connectivity index (χ0) is 13.9. The highest BCUT2D eigenvalue weighted by Crippen LogP contribution is 2.46. The van der Waals surface area contributed by atoms with Crippen LogP contribution in [0.4, 0.5) is 4.39 Å². The second kappa shape index (κ2) is 5.99. The Morgan fingerprint density at radius 2 is 2.05 bits per heavy atom. The molecule has 1 saturated carbocycles. The summed E-state index contributed by atoms with van der Waals surface area (Å²) in [5.41, 5.74) is 0.413. The van der Waals surface area contributed by atoms with E-state index in [4.69, 9.17) is 4.74 Å². The van der Waals surface area contributed by atoms with Gasteiger partial charge in [-0.05, 0) is 32.8 Å². The van der Waals surface area contributed by atoms with Crippen LogP contribution in [0.2, 0.25) is 0 Å². The van der Waals surface area contributed by atoms with Crippen molar-refractivity contribution in [2.75, 3.05) is 13.2 Å². The summed E-state index contributed by atoms with van der Waals surface area (Å²) in [5.74, 6) is -0.180. The van der Waals surface area contributed by atoms with Crippen molar-refractivity contribution in [1.82, 2.24) is 5.32 Å². The van der Waals surface area contributed by atoms with E-state index >= 15 is 0 Å². The third kappa shape index (κ3) is 3.75. The van der Waals surface area contributed by atoms with E-state index in [-0.39, 0.29) is 17.5 Å². The van der Waals surface area contributed by atoms with E-state index in [9.17, 15) is 9.50 Å². The van der Waals surface area contributed by atoms with E-state index in [1.165, 1.54) is 6.07 Å².